The van der Waals surface area contributed by atoms with Gasteiger partial charge >= 0.3 is 5.97 Å². The number of carbonyl (C=O) groups excluding carboxylic acids is 1. The zero-order valence-electron chi connectivity index (χ0n) is 9.44. The predicted molar refractivity (Wildman–Crippen MR) is 67.2 cm³/mol. The minimum Gasteiger partial charge on any atom is -0.480 e. The number of aliphatic carboxylic acids is 1. The molecular formula is C11H11Cl2NO4. The predicted octanol–water partition coefficient (Wildman–Crippen LogP) is 1.82. The van der Waals surface area contributed by atoms with Crippen molar-refractivity contribution < 1.29 is 19.4 Å². The van der Waals surface area contributed by atoms with Gasteiger partial charge in [-0.1, -0.05) is 23.2 Å². The molecule has 0 aliphatic heterocycles. The number of hydrogen-bond donors (Lipinski definition) is 2. The van der Waals surface area contributed by atoms with Crippen molar-refractivity contribution in [3.8, 4) is 0 Å². The summed E-state index contributed by atoms with van der Waals surface area (Å²) in [4.78, 5) is 22.7. The van der Waals surface area contributed by atoms with Crippen molar-refractivity contribution in [3.05, 3.63) is 33.8 Å². The molecule has 0 saturated heterocycles. The van der Waals surface area contributed by atoms with Crippen molar-refractivity contribution in [3.63, 3.8) is 0 Å². The number of halogens is 2. The molecule has 0 heterocycles. The second kappa shape index (κ2) is 6.58. The molecule has 0 aromatic heterocycles. The minimum absolute atomic E-state index is 0.117. The van der Waals surface area contributed by atoms with Crippen LogP contribution in [-0.2, 0) is 9.53 Å². The fourth-order valence-electron chi connectivity index (χ4n) is 1.25. The number of carboxylic acid groups (broad SMARTS) is 1. The summed E-state index contributed by atoms with van der Waals surface area (Å²) >= 11 is 11.6. The number of carboxylic acids is 1. The van der Waals surface area contributed by atoms with Crippen LogP contribution in [0.2, 0.25) is 10.0 Å². The molecule has 1 amide bonds. The maximum Gasteiger partial charge on any atom is 0.328 e. The Morgan fingerprint density at radius 3 is 2.67 bits per heavy atom. The van der Waals surface area contributed by atoms with Crippen LogP contribution < -0.4 is 5.32 Å². The Hall–Kier alpha value is -1.30. The van der Waals surface area contributed by atoms with Crippen molar-refractivity contribution >= 4 is 35.1 Å². The van der Waals surface area contributed by atoms with E-state index in [0.29, 0.717) is 5.02 Å². The Labute approximate surface area is 114 Å². The summed E-state index contributed by atoms with van der Waals surface area (Å²) in [6.07, 6.45) is 0. The molecule has 2 N–H and O–H groups in total. The lowest BCUT2D eigenvalue weighted by molar-refractivity contribution is -0.140. The Morgan fingerprint density at radius 1 is 1.44 bits per heavy atom. The maximum absolute atomic E-state index is 11.8. The molecule has 0 spiro atoms. The summed E-state index contributed by atoms with van der Waals surface area (Å²) < 4.78 is 4.70. The van der Waals surface area contributed by atoms with E-state index in [1.807, 2.05) is 0 Å². The van der Waals surface area contributed by atoms with Gasteiger partial charge in [0, 0.05) is 12.1 Å². The van der Waals surface area contributed by atoms with Crippen molar-refractivity contribution in [2.75, 3.05) is 13.7 Å². The minimum atomic E-state index is -1.19. The number of amides is 1. The Kier molecular flexibility index (Phi) is 5.40. The van der Waals surface area contributed by atoms with E-state index in [0.717, 1.165) is 0 Å². The van der Waals surface area contributed by atoms with Gasteiger partial charge in [0.15, 0.2) is 6.04 Å². The molecule has 0 aliphatic carbocycles. The van der Waals surface area contributed by atoms with E-state index in [4.69, 9.17) is 33.0 Å². The van der Waals surface area contributed by atoms with E-state index in [-0.39, 0.29) is 17.2 Å². The maximum atomic E-state index is 11.8. The summed E-state index contributed by atoms with van der Waals surface area (Å²) in [6.45, 7) is -0.140. The highest BCUT2D eigenvalue weighted by molar-refractivity contribution is 6.35. The van der Waals surface area contributed by atoms with Crippen LogP contribution in [0.1, 0.15) is 10.4 Å². The quantitative estimate of drug-likeness (QED) is 0.868. The van der Waals surface area contributed by atoms with E-state index in [9.17, 15) is 9.59 Å². The topological polar surface area (TPSA) is 75.6 Å². The molecule has 5 nitrogen and oxygen atoms in total. The number of methoxy groups -OCH3 is 1. The van der Waals surface area contributed by atoms with E-state index in [2.05, 4.69) is 5.32 Å². The van der Waals surface area contributed by atoms with Gasteiger partial charge in [-0.25, -0.2) is 4.79 Å². The highest BCUT2D eigenvalue weighted by Crippen LogP contribution is 2.20. The SMILES string of the molecule is COCC(NC(=O)c1cc(Cl)ccc1Cl)C(=O)O. The van der Waals surface area contributed by atoms with E-state index in [1.165, 1.54) is 25.3 Å². The lowest BCUT2D eigenvalue weighted by Gasteiger charge is -2.14. The molecule has 0 radical (unpaired) electrons. The van der Waals surface area contributed by atoms with Crippen LogP contribution in [0.25, 0.3) is 0 Å². The molecular weight excluding hydrogens is 281 g/mol. The van der Waals surface area contributed by atoms with Gasteiger partial charge in [0.2, 0.25) is 0 Å². The molecule has 0 bridgehead atoms. The zero-order valence-corrected chi connectivity index (χ0v) is 11.0. The summed E-state index contributed by atoms with van der Waals surface area (Å²) in [5.41, 5.74) is 0.117. The fourth-order valence-corrected chi connectivity index (χ4v) is 1.62. The van der Waals surface area contributed by atoms with Gasteiger partial charge in [0.25, 0.3) is 5.91 Å². The van der Waals surface area contributed by atoms with Crippen LogP contribution in [0.15, 0.2) is 18.2 Å². The molecule has 1 aromatic rings. The standard InChI is InChI=1S/C11H11Cl2NO4/c1-18-5-9(11(16)17)14-10(15)7-4-6(12)2-3-8(7)13/h2-4,9H,5H2,1H3,(H,14,15)(H,16,17). The Morgan fingerprint density at radius 2 is 2.11 bits per heavy atom. The zero-order chi connectivity index (χ0) is 13.7. The summed E-state index contributed by atoms with van der Waals surface area (Å²) in [6, 6.07) is 3.22. The smallest absolute Gasteiger partial charge is 0.328 e. The Balaban J connectivity index is 2.86. The third-order valence-corrected chi connectivity index (χ3v) is 2.67. The van der Waals surface area contributed by atoms with Crippen LogP contribution in [0.4, 0.5) is 0 Å². The monoisotopic (exact) mass is 291 g/mol. The summed E-state index contributed by atoms with van der Waals surface area (Å²) in [7, 11) is 1.34. The molecule has 1 atom stereocenters. The van der Waals surface area contributed by atoms with Crippen LogP contribution >= 0.6 is 23.2 Å². The summed E-state index contributed by atoms with van der Waals surface area (Å²) in [5, 5.41) is 11.7. The molecule has 1 unspecified atom stereocenters. The average molecular weight is 292 g/mol. The second-order valence-electron chi connectivity index (χ2n) is 3.44. The number of nitrogens with one attached hydrogen (secondary N) is 1. The van der Waals surface area contributed by atoms with E-state index < -0.39 is 17.9 Å². The van der Waals surface area contributed by atoms with E-state index >= 15 is 0 Å². The van der Waals surface area contributed by atoms with Gasteiger partial charge < -0.3 is 15.2 Å². The number of hydrogen-bond acceptors (Lipinski definition) is 3. The van der Waals surface area contributed by atoms with Crippen molar-refractivity contribution in [2.45, 2.75) is 6.04 Å². The molecule has 18 heavy (non-hydrogen) atoms. The molecule has 0 fully saturated rings. The van der Waals surface area contributed by atoms with Crippen molar-refractivity contribution in [1.29, 1.82) is 0 Å². The second-order valence-corrected chi connectivity index (χ2v) is 4.29. The van der Waals surface area contributed by atoms with Gasteiger partial charge in [-0.3, -0.25) is 4.79 Å². The molecule has 0 aliphatic rings. The van der Waals surface area contributed by atoms with Crippen LogP contribution in [0.5, 0.6) is 0 Å². The van der Waals surface area contributed by atoms with Crippen LogP contribution in [0.3, 0.4) is 0 Å². The molecule has 7 heteroatoms. The van der Waals surface area contributed by atoms with E-state index in [1.54, 1.807) is 0 Å². The first-order valence-corrected chi connectivity index (χ1v) is 5.69. The number of carbonyl (C=O) groups is 2. The van der Waals surface area contributed by atoms with Gasteiger partial charge in [0.05, 0.1) is 17.2 Å². The average Bonchev–Trinajstić information content (AvgIpc) is 2.31. The van der Waals surface area contributed by atoms with Gasteiger partial charge in [-0.2, -0.15) is 0 Å². The van der Waals surface area contributed by atoms with Gasteiger partial charge in [-0.15, -0.1) is 0 Å². The van der Waals surface area contributed by atoms with Gasteiger partial charge in [0.1, 0.15) is 0 Å². The number of rotatable bonds is 5. The third kappa shape index (κ3) is 3.87. The first-order chi connectivity index (χ1) is 8.45. The largest absolute Gasteiger partial charge is 0.480 e. The molecule has 1 aromatic carbocycles. The van der Waals surface area contributed by atoms with Crippen LogP contribution in [-0.4, -0.2) is 36.7 Å². The number of benzene rings is 1. The molecule has 0 saturated carbocycles. The van der Waals surface area contributed by atoms with Crippen molar-refractivity contribution in [2.24, 2.45) is 0 Å². The van der Waals surface area contributed by atoms with Gasteiger partial charge in [-0.05, 0) is 18.2 Å². The van der Waals surface area contributed by atoms with Crippen molar-refractivity contribution in [1.82, 2.24) is 5.32 Å². The fraction of sp³-hybridized carbons (Fsp3) is 0.273. The summed E-state index contributed by atoms with van der Waals surface area (Å²) in [5.74, 6) is -1.81. The normalized spacial score (nSPS) is 11.9. The lowest BCUT2D eigenvalue weighted by Crippen LogP contribution is -2.43. The molecule has 1 rings (SSSR count). The highest BCUT2D eigenvalue weighted by Gasteiger charge is 2.21. The third-order valence-electron chi connectivity index (χ3n) is 2.11. The first-order valence-electron chi connectivity index (χ1n) is 4.93. The number of ether oxygens (including phenoxy) is 1. The Bertz CT molecular complexity index is 464. The lowest BCUT2D eigenvalue weighted by atomic mass is 10.2. The highest BCUT2D eigenvalue weighted by atomic mass is 35.5. The first kappa shape index (κ1) is 14.8. The van der Waals surface area contributed by atoms with Crippen LogP contribution in [0, 0.1) is 0 Å². The molecule has 98 valence electrons.